The summed E-state index contributed by atoms with van der Waals surface area (Å²) < 4.78 is 15.6. The van der Waals surface area contributed by atoms with Crippen molar-refractivity contribution in [2.75, 3.05) is 0 Å². The Hall–Kier alpha value is -2.00. The molecule has 168 valence electrons. The number of aliphatic hydroxyl groups excluding tert-OH is 2. The topological polar surface area (TPSA) is 114 Å². The molecule has 0 aliphatic heterocycles. The molecule has 0 radical (unpaired) electrons. The van der Waals surface area contributed by atoms with Crippen LogP contribution >= 0.6 is 0 Å². The number of halogens is 1. The van der Waals surface area contributed by atoms with Crippen molar-refractivity contribution in [2.45, 2.75) is 44.9 Å². The average molecular weight is 453 g/mol. The number of carboxylic acid groups (broad SMARTS) is 1. The molecule has 6 nitrogen and oxygen atoms in total. The number of aromatic nitrogens is 1. The molecule has 8 heteroatoms. The number of hydrogen-bond donors (Lipinski definition) is 3. The zero-order valence-electron chi connectivity index (χ0n) is 17.5. The summed E-state index contributed by atoms with van der Waals surface area (Å²) in [6.45, 7) is 4.12. The van der Waals surface area contributed by atoms with Crippen LogP contribution in [0.25, 0.3) is 28.1 Å². The maximum absolute atomic E-state index is 13.5. The Bertz CT molecular complexity index is 1060. The summed E-state index contributed by atoms with van der Waals surface area (Å²) in [4.78, 5) is 10.7. The maximum atomic E-state index is 13.5. The minimum absolute atomic E-state index is 0. The fraction of sp³-hybridized carbons (Fsp3) is 0.292. The molecule has 0 amide bonds. The predicted octanol–water partition coefficient (Wildman–Crippen LogP) is 3.15. The van der Waals surface area contributed by atoms with Crippen LogP contribution in [0.5, 0.6) is 0 Å². The van der Waals surface area contributed by atoms with Crippen LogP contribution < -0.4 is 0 Å². The zero-order valence-corrected chi connectivity index (χ0v) is 17.5. The van der Waals surface area contributed by atoms with Gasteiger partial charge in [-0.2, -0.15) is 0 Å². The van der Waals surface area contributed by atoms with Crippen LogP contribution in [0.15, 0.2) is 54.6 Å². The summed E-state index contributed by atoms with van der Waals surface area (Å²) in [5.41, 5.74) is 3.65. The Labute approximate surface area is 208 Å². The van der Waals surface area contributed by atoms with Crippen molar-refractivity contribution in [3.63, 3.8) is 0 Å². The van der Waals surface area contributed by atoms with E-state index in [-0.39, 0.29) is 53.3 Å². The van der Waals surface area contributed by atoms with Gasteiger partial charge >= 0.3 is 35.5 Å². The van der Waals surface area contributed by atoms with Gasteiger partial charge in [0.1, 0.15) is 5.82 Å². The van der Waals surface area contributed by atoms with Gasteiger partial charge in [-0.15, -0.1) is 0 Å². The van der Waals surface area contributed by atoms with Crippen LogP contribution in [0.1, 0.15) is 38.4 Å². The van der Waals surface area contributed by atoms with Gasteiger partial charge in [-0.05, 0) is 43.7 Å². The summed E-state index contributed by atoms with van der Waals surface area (Å²) in [7, 11) is 0. The summed E-state index contributed by atoms with van der Waals surface area (Å²) in [5, 5.41) is 29.9. The Kier molecular flexibility index (Phi) is 10.8. The van der Waals surface area contributed by atoms with Crippen molar-refractivity contribution in [2.24, 2.45) is 0 Å². The molecule has 3 aromatic rings. The normalized spacial score (nSPS) is 13.1. The molecule has 2 atom stereocenters. The molecule has 0 saturated carbocycles. The molecular weight excluding hydrogens is 424 g/mol. The van der Waals surface area contributed by atoms with E-state index in [1.807, 2.05) is 24.3 Å². The van der Waals surface area contributed by atoms with Crippen molar-refractivity contribution in [3.05, 3.63) is 66.1 Å². The molecule has 1 heterocycles. The first kappa shape index (κ1) is 28.0. The number of nitrogens with zero attached hydrogens (tertiary/aromatic N) is 1. The third kappa shape index (κ3) is 6.51. The van der Waals surface area contributed by atoms with Gasteiger partial charge < -0.3 is 25.4 Å². The molecule has 0 bridgehead atoms. The average Bonchev–Trinajstić information content (AvgIpc) is 3.00. The molecule has 3 rings (SSSR count). The van der Waals surface area contributed by atoms with E-state index in [1.54, 1.807) is 24.3 Å². The Morgan fingerprint density at radius 3 is 2.31 bits per heavy atom. The van der Waals surface area contributed by atoms with E-state index in [0.29, 0.717) is 0 Å². The van der Waals surface area contributed by atoms with E-state index in [4.69, 9.17) is 5.11 Å². The van der Waals surface area contributed by atoms with E-state index in [1.165, 1.54) is 12.1 Å². The summed E-state index contributed by atoms with van der Waals surface area (Å²) in [5.74, 6) is -1.43. The number of carbonyl (C=O) groups is 1. The first-order chi connectivity index (χ1) is 14.3. The Morgan fingerprint density at radius 2 is 1.72 bits per heavy atom. The van der Waals surface area contributed by atoms with Gasteiger partial charge in [-0.25, -0.2) is 4.39 Å². The third-order valence-corrected chi connectivity index (χ3v) is 5.00. The van der Waals surface area contributed by atoms with Crippen LogP contribution in [0.3, 0.4) is 0 Å². The molecule has 5 N–H and O–H groups in total. The van der Waals surface area contributed by atoms with E-state index >= 15 is 0 Å². The van der Waals surface area contributed by atoms with Crippen LogP contribution in [0, 0.1) is 5.82 Å². The van der Waals surface area contributed by atoms with Crippen molar-refractivity contribution >= 4 is 52.5 Å². The first-order valence-electron chi connectivity index (χ1n) is 9.93. The molecule has 0 spiro atoms. The van der Waals surface area contributed by atoms with E-state index < -0.39 is 24.6 Å². The van der Waals surface area contributed by atoms with Gasteiger partial charge in [0.05, 0.1) is 18.6 Å². The number of fused-ring (bicyclic) bond motifs is 1. The predicted molar refractivity (Wildman–Crippen MR) is 126 cm³/mol. The van der Waals surface area contributed by atoms with Gasteiger partial charge in [-0.1, -0.05) is 36.4 Å². The number of aliphatic hydroxyl groups is 2. The first-order valence-corrected chi connectivity index (χ1v) is 9.93. The molecule has 0 saturated heterocycles. The van der Waals surface area contributed by atoms with E-state index in [9.17, 15) is 19.4 Å². The van der Waals surface area contributed by atoms with Crippen LogP contribution in [-0.2, 0) is 4.79 Å². The van der Waals surface area contributed by atoms with Crippen LogP contribution in [-0.4, -0.2) is 73.1 Å². The summed E-state index contributed by atoms with van der Waals surface area (Å²) >= 11 is 0. The van der Waals surface area contributed by atoms with Gasteiger partial charge in [0.15, 0.2) is 0 Å². The molecular formula is C24H29FNNaO5. The summed E-state index contributed by atoms with van der Waals surface area (Å²) in [6.07, 6.45) is 0.727. The number of carboxylic acids is 1. The van der Waals surface area contributed by atoms with E-state index in [0.717, 1.165) is 27.7 Å². The van der Waals surface area contributed by atoms with E-state index in [2.05, 4.69) is 18.4 Å². The van der Waals surface area contributed by atoms with Gasteiger partial charge in [0.25, 0.3) is 0 Å². The molecule has 0 fully saturated rings. The summed E-state index contributed by atoms with van der Waals surface area (Å²) in [6, 6.07) is 14.4. The molecule has 32 heavy (non-hydrogen) atoms. The van der Waals surface area contributed by atoms with Crippen molar-refractivity contribution in [3.8, 4) is 11.1 Å². The molecule has 0 aliphatic carbocycles. The number of para-hydroxylation sites is 1. The van der Waals surface area contributed by atoms with Crippen LogP contribution in [0.2, 0.25) is 0 Å². The number of aliphatic carboxylic acids is 1. The standard InChI is InChI=1S/C24H26FNO4.Na.H2O.H/c1-15(2)26-21-6-4-3-5-20(21)24(16-7-9-17(25)10-8-16)22(26)12-11-18(27)13-19(28)14-23(29)30;;;/h3-12,15,18-19,27-28H,13-14H2,1-2H3,(H,29,30);;1H2;/b12-11+;;;/t18-,19-;;;/m1.../s1. The monoisotopic (exact) mass is 453 g/mol. The quantitative estimate of drug-likeness (QED) is 0.455. The third-order valence-electron chi connectivity index (χ3n) is 5.00. The molecule has 1 aromatic heterocycles. The second kappa shape index (κ2) is 12.3. The molecule has 0 aliphatic rings. The van der Waals surface area contributed by atoms with Crippen molar-refractivity contribution < 1.29 is 30.0 Å². The fourth-order valence-electron chi connectivity index (χ4n) is 3.77. The van der Waals surface area contributed by atoms with Gasteiger partial charge in [0, 0.05) is 34.6 Å². The number of hydrogen-bond acceptors (Lipinski definition) is 3. The van der Waals surface area contributed by atoms with Crippen molar-refractivity contribution in [1.29, 1.82) is 0 Å². The zero-order chi connectivity index (χ0) is 21.8. The van der Waals surface area contributed by atoms with Crippen molar-refractivity contribution in [1.82, 2.24) is 4.57 Å². The Morgan fingerprint density at radius 1 is 1.09 bits per heavy atom. The Balaban J connectivity index is 0.00000256. The van der Waals surface area contributed by atoms with Gasteiger partial charge in [0.2, 0.25) is 0 Å². The van der Waals surface area contributed by atoms with Gasteiger partial charge in [-0.3, -0.25) is 4.79 Å². The molecule has 0 unspecified atom stereocenters. The second-order valence-electron chi connectivity index (χ2n) is 7.66. The SMILES string of the molecule is CC(C)n1c(/C=C/[C@@H](O)C[C@@H](O)CC(=O)O)c(-c2ccc(F)cc2)c2ccccc21.O.[NaH]. The fourth-order valence-corrected chi connectivity index (χ4v) is 3.77. The number of benzene rings is 2. The minimum atomic E-state index is -1.13. The van der Waals surface area contributed by atoms with Crippen LogP contribution in [0.4, 0.5) is 4.39 Å². The number of rotatable bonds is 8. The second-order valence-corrected chi connectivity index (χ2v) is 7.66. The molecule has 2 aromatic carbocycles.